The quantitative estimate of drug-likeness (QED) is 0.733. The monoisotopic (exact) mass is 187 g/mol. The van der Waals surface area contributed by atoms with Crippen molar-refractivity contribution in [1.29, 1.82) is 5.26 Å². The van der Waals surface area contributed by atoms with Crippen molar-refractivity contribution >= 4 is 5.97 Å². The van der Waals surface area contributed by atoms with Crippen LogP contribution in [0, 0.1) is 11.3 Å². The molecule has 70 valence electrons. The number of rotatable bonds is 3. The lowest BCUT2D eigenvalue weighted by Gasteiger charge is -1.95. The Kier molecular flexibility index (Phi) is 3.45. The molecule has 1 N–H and O–H groups in total. The highest BCUT2D eigenvalue weighted by molar-refractivity contribution is 5.79. The highest BCUT2D eigenvalue weighted by atomic mass is 16.4. The molecule has 0 aliphatic heterocycles. The minimum Gasteiger partial charge on any atom is -0.478 e. The molecule has 0 aliphatic carbocycles. The highest BCUT2D eigenvalue weighted by Crippen LogP contribution is 2.05. The predicted octanol–water partition coefficient (Wildman–Crippen LogP) is 1.74. The van der Waals surface area contributed by atoms with E-state index in [1.165, 1.54) is 0 Å². The number of carboxylic acids is 1. The average Bonchev–Trinajstić information content (AvgIpc) is 2.18. The third kappa shape index (κ3) is 3.11. The van der Waals surface area contributed by atoms with Gasteiger partial charge < -0.3 is 5.11 Å². The number of nitriles is 1. The molecule has 0 spiro atoms. The lowest BCUT2D eigenvalue weighted by atomic mass is 10.1. The van der Waals surface area contributed by atoms with E-state index in [-0.39, 0.29) is 0 Å². The number of aliphatic carboxylic acids is 1. The molecule has 0 bridgehead atoms. The number of hydrogen-bond acceptors (Lipinski definition) is 2. The van der Waals surface area contributed by atoms with Crippen LogP contribution in [-0.4, -0.2) is 11.1 Å². The molecule has 1 rings (SSSR count). The van der Waals surface area contributed by atoms with E-state index in [1.807, 2.05) is 12.1 Å². The van der Waals surface area contributed by atoms with Crippen molar-refractivity contribution in [1.82, 2.24) is 0 Å². The van der Waals surface area contributed by atoms with Gasteiger partial charge in [-0.1, -0.05) is 18.2 Å². The number of allylic oxidation sites excluding steroid dienone is 1. The van der Waals surface area contributed by atoms with E-state index in [9.17, 15) is 4.79 Å². The van der Waals surface area contributed by atoms with Crippen molar-refractivity contribution in [3.05, 3.63) is 47.5 Å². The van der Waals surface area contributed by atoms with Crippen LogP contribution in [0.3, 0.4) is 0 Å². The van der Waals surface area contributed by atoms with Gasteiger partial charge in [-0.3, -0.25) is 0 Å². The summed E-state index contributed by atoms with van der Waals surface area (Å²) in [7, 11) is 0. The predicted molar refractivity (Wildman–Crippen MR) is 51.6 cm³/mol. The van der Waals surface area contributed by atoms with Crippen molar-refractivity contribution in [3.8, 4) is 6.07 Å². The molecule has 0 unspecified atom stereocenters. The van der Waals surface area contributed by atoms with Crippen molar-refractivity contribution in [3.63, 3.8) is 0 Å². The maximum Gasteiger partial charge on any atom is 0.327 e. The first-order valence-corrected chi connectivity index (χ1v) is 4.11. The van der Waals surface area contributed by atoms with Crippen LogP contribution < -0.4 is 0 Å². The molecule has 1 aromatic carbocycles. The van der Waals surface area contributed by atoms with Gasteiger partial charge in [-0.2, -0.15) is 5.26 Å². The molecule has 0 saturated carbocycles. The summed E-state index contributed by atoms with van der Waals surface area (Å²) in [6, 6.07) is 9.12. The highest BCUT2D eigenvalue weighted by Gasteiger charge is 1.93. The standard InChI is InChI=1S/C11H9NO2/c12-8-10-5-1-3-9(7-10)4-2-6-11(13)14/h1-3,5-7H,4H2,(H,13,14). The van der Waals surface area contributed by atoms with Crippen LogP contribution in [-0.2, 0) is 11.2 Å². The SMILES string of the molecule is N#Cc1cccc(CC=CC(=O)O)c1. The van der Waals surface area contributed by atoms with Crippen molar-refractivity contribution in [2.45, 2.75) is 6.42 Å². The number of benzene rings is 1. The third-order valence-electron chi connectivity index (χ3n) is 1.67. The van der Waals surface area contributed by atoms with Gasteiger partial charge in [0.25, 0.3) is 0 Å². The van der Waals surface area contributed by atoms with Crippen LogP contribution in [0.25, 0.3) is 0 Å². The average molecular weight is 187 g/mol. The second-order valence-corrected chi connectivity index (χ2v) is 2.76. The van der Waals surface area contributed by atoms with E-state index in [0.717, 1.165) is 11.6 Å². The minimum absolute atomic E-state index is 0.530. The summed E-state index contributed by atoms with van der Waals surface area (Å²) < 4.78 is 0. The summed E-state index contributed by atoms with van der Waals surface area (Å²) in [4.78, 5) is 10.2. The van der Waals surface area contributed by atoms with Crippen LogP contribution in [0.1, 0.15) is 11.1 Å². The first kappa shape index (κ1) is 10.0. The molecule has 0 fully saturated rings. The Labute approximate surface area is 81.9 Å². The molecular weight excluding hydrogens is 178 g/mol. The van der Waals surface area contributed by atoms with Gasteiger partial charge in [0.1, 0.15) is 0 Å². The summed E-state index contributed by atoms with van der Waals surface area (Å²) >= 11 is 0. The molecule has 14 heavy (non-hydrogen) atoms. The van der Waals surface area contributed by atoms with Crippen LogP contribution in [0.4, 0.5) is 0 Å². The van der Waals surface area contributed by atoms with Gasteiger partial charge in [0.15, 0.2) is 0 Å². The molecule has 3 heteroatoms. The van der Waals surface area contributed by atoms with E-state index in [0.29, 0.717) is 12.0 Å². The molecule has 1 aromatic rings. The summed E-state index contributed by atoms with van der Waals surface area (Å²) in [5.41, 5.74) is 1.52. The number of carbonyl (C=O) groups is 1. The number of hydrogen-bond donors (Lipinski definition) is 1. The summed E-state index contributed by atoms with van der Waals surface area (Å²) in [5, 5.41) is 17.0. The Morgan fingerprint density at radius 2 is 2.36 bits per heavy atom. The zero-order valence-corrected chi connectivity index (χ0v) is 7.47. The topological polar surface area (TPSA) is 61.1 Å². The maximum absolute atomic E-state index is 10.2. The van der Waals surface area contributed by atoms with Crippen LogP contribution >= 0.6 is 0 Å². The first-order chi connectivity index (χ1) is 6.72. The van der Waals surface area contributed by atoms with Crippen molar-refractivity contribution in [2.24, 2.45) is 0 Å². The molecule has 0 heterocycles. The fraction of sp³-hybridized carbons (Fsp3) is 0.0909. The maximum atomic E-state index is 10.2. The molecular formula is C11H9NO2. The number of nitrogens with zero attached hydrogens (tertiary/aromatic N) is 1. The third-order valence-corrected chi connectivity index (χ3v) is 1.67. The van der Waals surface area contributed by atoms with Crippen LogP contribution in [0.2, 0.25) is 0 Å². The smallest absolute Gasteiger partial charge is 0.327 e. The molecule has 0 atom stereocenters. The van der Waals surface area contributed by atoms with Gasteiger partial charge in [-0.05, 0) is 24.1 Å². The van der Waals surface area contributed by atoms with E-state index in [2.05, 4.69) is 0 Å². The summed E-state index contributed by atoms with van der Waals surface area (Å²) in [5.74, 6) is -0.957. The Hall–Kier alpha value is -2.08. The van der Waals surface area contributed by atoms with Crippen LogP contribution in [0.15, 0.2) is 36.4 Å². The molecule has 0 aliphatic rings. The second-order valence-electron chi connectivity index (χ2n) is 2.76. The number of carboxylic acid groups (broad SMARTS) is 1. The Balaban J connectivity index is 2.69. The minimum atomic E-state index is -0.957. The zero-order chi connectivity index (χ0) is 10.4. The molecule has 3 nitrogen and oxygen atoms in total. The first-order valence-electron chi connectivity index (χ1n) is 4.11. The largest absolute Gasteiger partial charge is 0.478 e. The molecule has 0 aromatic heterocycles. The van der Waals surface area contributed by atoms with Crippen molar-refractivity contribution < 1.29 is 9.90 Å². The lowest BCUT2D eigenvalue weighted by Crippen LogP contribution is -1.88. The van der Waals surface area contributed by atoms with Gasteiger partial charge in [0.2, 0.25) is 0 Å². The fourth-order valence-electron chi connectivity index (χ4n) is 1.06. The molecule has 0 amide bonds. The fourth-order valence-corrected chi connectivity index (χ4v) is 1.06. The van der Waals surface area contributed by atoms with Crippen LogP contribution in [0.5, 0.6) is 0 Å². The summed E-state index contributed by atoms with van der Waals surface area (Å²) in [6.45, 7) is 0. The van der Waals surface area contributed by atoms with E-state index in [1.54, 1.807) is 24.3 Å². The Bertz CT molecular complexity index is 402. The lowest BCUT2D eigenvalue weighted by molar-refractivity contribution is -0.131. The Morgan fingerprint density at radius 1 is 1.57 bits per heavy atom. The van der Waals surface area contributed by atoms with Gasteiger partial charge in [0.05, 0.1) is 11.6 Å². The van der Waals surface area contributed by atoms with Gasteiger partial charge in [-0.25, -0.2) is 4.79 Å². The van der Waals surface area contributed by atoms with Gasteiger partial charge in [-0.15, -0.1) is 0 Å². The molecule has 0 radical (unpaired) electrons. The van der Waals surface area contributed by atoms with E-state index in [4.69, 9.17) is 10.4 Å². The van der Waals surface area contributed by atoms with E-state index >= 15 is 0 Å². The molecule has 0 saturated heterocycles. The normalized spacial score (nSPS) is 9.93. The Morgan fingerprint density at radius 3 is 3.00 bits per heavy atom. The van der Waals surface area contributed by atoms with Gasteiger partial charge in [0, 0.05) is 6.08 Å². The zero-order valence-electron chi connectivity index (χ0n) is 7.47. The van der Waals surface area contributed by atoms with E-state index < -0.39 is 5.97 Å². The van der Waals surface area contributed by atoms with Gasteiger partial charge >= 0.3 is 5.97 Å². The van der Waals surface area contributed by atoms with Crippen molar-refractivity contribution in [2.75, 3.05) is 0 Å². The second kappa shape index (κ2) is 4.83. The summed E-state index contributed by atoms with van der Waals surface area (Å²) in [6.07, 6.45) is 3.18.